The lowest BCUT2D eigenvalue weighted by Gasteiger charge is -2.36. The predicted molar refractivity (Wildman–Crippen MR) is 107 cm³/mol. The molecule has 0 N–H and O–H groups in total. The van der Waals surface area contributed by atoms with Crippen LogP contribution in [-0.2, 0) is 0 Å². The highest BCUT2D eigenvalue weighted by atomic mass is 15.3. The van der Waals surface area contributed by atoms with Gasteiger partial charge in [-0.15, -0.1) is 0 Å². The van der Waals surface area contributed by atoms with E-state index in [-0.39, 0.29) is 0 Å². The smallest absolute Gasteiger partial charge is 0.227 e. The highest BCUT2D eigenvalue weighted by molar-refractivity contribution is 5.92. The van der Waals surface area contributed by atoms with E-state index >= 15 is 0 Å². The van der Waals surface area contributed by atoms with Gasteiger partial charge in [-0.25, -0.2) is 9.97 Å². The number of piperazine rings is 1. The van der Waals surface area contributed by atoms with Crippen LogP contribution in [0.2, 0.25) is 0 Å². The fraction of sp³-hybridized carbons (Fsp3) is 0.350. The van der Waals surface area contributed by atoms with Crippen molar-refractivity contribution in [2.24, 2.45) is 0 Å². The Balaban J connectivity index is 1.54. The topological polar surface area (TPSA) is 48.4 Å². The largest absolute Gasteiger partial charge is 0.363 e. The summed E-state index contributed by atoms with van der Waals surface area (Å²) in [7, 11) is 4.02. The molecule has 0 amide bonds. The fourth-order valence-corrected chi connectivity index (χ4v) is 3.38. The van der Waals surface area contributed by atoms with Gasteiger partial charge in [0.25, 0.3) is 0 Å². The molecule has 3 aromatic rings. The van der Waals surface area contributed by atoms with Gasteiger partial charge in [0.2, 0.25) is 5.95 Å². The van der Waals surface area contributed by atoms with Gasteiger partial charge in [-0.2, -0.15) is 4.98 Å². The lowest BCUT2D eigenvalue weighted by atomic mass is 10.1. The summed E-state index contributed by atoms with van der Waals surface area (Å²) in [4.78, 5) is 20.7. The molecule has 1 saturated heterocycles. The molecule has 0 unspecified atom stereocenters. The molecule has 6 heteroatoms. The number of rotatable bonds is 3. The number of nitrogens with zero attached hydrogens (tertiary/aromatic N) is 6. The van der Waals surface area contributed by atoms with Gasteiger partial charge >= 0.3 is 0 Å². The third kappa shape index (κ3) is 3.14. The normalized spacial score (nSPS) is 14.7. The van der Waals surface area contributed by atoms with Crippen LogP contribution in [-0.4, -0.2) is 55.2 Å². The molecule has 1 fully saturated rings. The average Bonchev–Trinajstić information content (AvgIpc) is 2.67. The van der Waals surface area contributed by atoms with Crippen molar-refractivity contribution in [3.05, 3.63) is 48.3 Å². The van der Waals surface area contributed by atoms with Crippen LogP contribution < -0.4 is 14.7 Å². The Morgan fingerprint density at radius 2 is 1.65 bits per heavy atom. The van der Waals surface area contributed by atoms with E-state index in [9.17, 15) is 0 Å². The second kappa shape index (κ2) is 6.78. The van der Waals surface area contributed by atoms with E-state index in [1.54, 1.807) is 0 Å². The van der Waals surface area contributed by atoms with Crippen molar-refractivity contribution >= 4 is 28.4 Å². The fourth-order valence-electron chi connectivity index (χ4n) is 3.38. The maximum Gasteiger partial charge on any atom is 0.227 e. The van der Waals surface area contributed by atoms with Crippen LogP contribution in [0.15, 0.2) is 42.6 Å². The van der Waals surface area contributed by atoms with E-state index < -0.39 is 0 Å². The van der Waals surface area contributed by atoms with Gasteiger partial charge in [-0.3, -0.25) is 0 Å². The van der Waals surface area contributed by atoms with Crippen LogP contribution >= 0.6 is 0 Å². The number of aryl methyl sites for hydroxylation is 1. The third-order valence-electron chi connectivity index (χ3n) is 4.80. The van der Waals surface area contributed by atoms with Gasteiger partial charge < -0.3 is 14.7 Å². The van der Waals surface area contributed by atoms with Gasteiger partial charge in [0.15, 0.2) is 0 Å². The minimum Gasteiger partial charge on any atom is -0.363 e. The molecule has 4 rings (SSSR count). The Labute approximate surface area is 154 Å². The minimum absolute atomic E-state index is 0.819. The highest BCUT2D eigenvalue weighted by Crippen LogP contribution is 2.26. The van der Waals surface area contributed by atoms with Crippen molar-refractivity contribution in [3.63, 3.8) is 0 Å². The van der Waals surface area contributed by atoms with E-state index in [0.717, 1.165) is 49.5 Å². The number of fused-ring (bicyclic) bond motifs is 1. The first-order valence-corrected chi connectivity index (χ1v) is 8.98. The molecule has 0 radical (unpaired) electrons. The maximum atomic E-state index is 4.71. The first-order valence-electron chi connectivity index (χ1n) is 8.98. The summed E-state index contributed by atoms with van der Waals surface area (Å²) in [5, 5.41) is 2.45. The summed E-state index contributed by atoms with van der Waals surface area (Å²) in [5.74, 6) is 2.84. The van der Waals surface area contributed by atoms with Gasteiger partial charge in [0.05, 0.1) is 0 Å². The van der Waals surface area contributed by atoms with Crippen molar-refractivity contribution in [1.82, 2.24) is 15.0 Å². The number of hydrogen-bond acceptors (Lipinski definition) is 6. The highest BCUT2D eigenvalue weighted by Gasteiger charge is 2.22. The number of aromatic nitrogens is 3. The zero-order valence-electron chi connectivity index (χ0n) is 15.6. The van der Waals surface area contributed by atoms with Gasteiger partial charge in [-0.05, 0) is 18.4 Å². The first kappa shape index (κ1) is 16.6. The molecule has 1 aromatic carbocycles. The number of pyridine rings is 1. The van der Waals surface area contributed by atoms with E-state index in [1.807, 2.05) is 38.2 Å². The summed E-state index contributed by atoms with van der Waals surface area (Å²) < 4.78 is 0. The Bertz CT molecular complexity index is 910. The van der Waals surface area contributed by atoms with E-state index in [2.05, 4.69) is 50.1 Å². The Kier molecular flexibility index (Phi) is 4.32. The molecule has 6 nitrogen and oxygen atoms in total. The van der Waals surface area contributed by atoms with Crippen LogP contribution in [0.1, 0.15) is 5.69 Å². The number of anilines is 3. The minimum atomic E-state index is 0.819. The molecule has 2 aromatic heterocycles. The molecular formula is C20H24N6. The van der Waals surface area contributed by atoms with Crippen LogP contribution in [0.3, 0.4) is 0 Å². The summed E-state index contributed by atoms with van der Waals surface area (Å²) in [6, 6.07) is 12.5. The zero-order valence-corrected chi connectivity index (χ0v) is 15.6. The van der Waals surface area contributed by atoms with Crippen molar-refractivity contribution in [2.45, 2.75) is 6.92 Å². The lowest BCUT2D eigenvalue weighted by Crippen LogP contribution is -2.47. The summed E-state index contributed by atoms with van der Waals surface area (Å²) in [5.41, 5.74) is 0.997. The number of hydrogen-bond donors (Lipinski definition) is 0. The monoisotopic (exact) mass is 348 g/mol. The van der Waals surface area contributed by atoms with Crippen molar-refractivity contribution in [2.75, 3.05) is 55.0 Å². The molecule has 0 saturated carbocycles. The predicted octanol–water partition coefficient (Wildman–Crippen LogP) is 2.73. The molecular weight excluding hydrogens is 324 g/mol. The molecule has 3 heterocycles. The first-order chi connectivity index (χ1) is 12.6. The zero-order chi connectivity index (χ0) is 18.1. The molecule has 1 aliphatic heterocycles. The molecule has 1 aliphatic rings. The third-order valence-corrected chi connectivity index (χ3v) is 4.80. The van der Waals surface area contributed by atoms with Crippen LogP contribution in [0, 0.1) is 6.92 Å². The van der Waals surface area contributed by atoms with Crippen molar-refractivity contribution < 1.29 is 0 Å². The molecule has 0 spiro atoms. The van der Waals surface area contributed by atoms with Gasteiger partial charge in [0, 0.05) is 63.6 Å². The quantitative estimate of drug-likeness (QED) is 0.725. The Hall–Kier alpha value is -2.89. The molecule has 26 heavy (non-hydrogen) atoms. The van der Waals surface area contributed by atoms with E-state index in [4.69, 9.17) is 4.98 Å². The maximum absolute atomic E-state index is 4.71. The molecule has 134 valence electrons. The Morgan fingerprint density at radius 3 is 2.42 bits per heavy atom. The Morgan fingerprint density at radius 1 is 0.923 bits per heavy atom. The van der Waals surface area contributed by atoms with Crippen LogP contribution in [0.25, 0.3) is 10.8 Å². The SMILES string of the molecule is Cc1cc(N(C)C)nc(N2CCN(c3nccc4ccccc34)CC2)n1. The standard InChI is InChI=1S/C20H24N6/c1-15-14-18(24(2)3)23-20(22-15)26-12-10-25(11-13-26)19-17-7-5-4-6-16(17)8-9-21-19/h4-9,14H,10-13H2,1-3H3. The second-order valence-corrected chi connectivity index (χ2v) is 6.89. The number of benzene rings is 1. The van der Waals surface area contributed by atoms with Crippen LogP contribution in [0.4, 0.5) is 17.6 Å². The van der Waals surface area contributed by atoms with Gasteiger partial charge in [-0.1, -0.05) is 24.3 Å². The average molecular weight is 348 g/mol. The summed E-state index contributed by atoms with van der Waals surface area (Å²) in [6.45, 7) is 5.63. The van der Waals surface area contributed by atoms with E-state index in [1.165, 1.54) is 10.8 Å². The summed E-state index contributed by atoms with van der Waals surface area (Å²) >= 11 is 0. The summed E-state index contributed by atoms with van der Waals surface area (Å²) in [6.07, 6.45) is 1.90. The van der Waals surface area contributed by atoms with E-state index in [0.29, 0.717) is 0 Å². The molecule has 0 aliphatic carbocycles. The van der Waals surface area contributed by atoms with Crippen LogP contribution in [0.5, 0.6) is 0 Å². The lowest BCUT2D eigenvalue weighted by molar-refractivity contribution is 0.635. The molecule has 0 bridgehead atoms. The molecule has 0 atom stereocenters. The second-order valence-electron chi connectivity index (χ2n) is 6.89. The van der Waals surface area contributed by atoms with Gasteiger partial charge in [0.1, 0.15) is 11.6 Å². The van der Waals surface area contributed by atoms with Crippen molar-refractivity contribution in [3.8, 4) is 0 Å². The van der Waals surface area contributed by atoms with Crippen molar-refractivity contribution in [1.29, 1.82) is 0 Å².